The summed E-state index contributed by atoms with van der Waals surface area (Å²) in [6.45, 7) is 11.4. The van der Waals surface area contributed by atoms with Gasteiger partial charge in [0.25, 0.3) is 0 Å². The summed E-state index contributed by atoms with van der Waals surface area (Å²) in [5, 5.41) is 3.43. The number of nitrogens with zero attached hydrogens (tertiary/aromatic N) is 1. The first kappa shape index (κ1) is 18.2. The topological polar surface area (TPSA) is 50.8 Å². The summed E-state index contributed by atoms with van der Waals surface area (Å²) < 4.78 is 11.0. The number of nitrogens with one attached hydrogen (secondary N) is 1. The van der Waals surface area contributed by atoms with E-state index in [4.69, 9.17) is 9.47 Å². The van der Waals surface area contributed by atoms with Crippen molar-refractivity contribution in [3.05, 3.63) is 0 Å². The van der Waals surface area contributed by atoms with Crippen molar-refractivity contribution >= 4 is 6.09 Å². The van der Waals surface area contributed by atoms with Crippen LogP contribution in [0.5, 0.6) is 0 Å². The summed E-state index contributed by atoms with van der Waals surface area (Å²) in [7, 11) is 0. The molecule has 5 heteroatoms. The van der Waals surface area contributed by atoms with Gasteiger partial charge in [0, 0.05) is 13.1 Å². The molecule has 21 heavy (non-hydrogen) atoms. The van der Waals surface area contributed by atoms with E-state index in [2.05, 4.69) is 12.2 Å². The molecule has 1 saturated heterocycles. The molecule has 0 radical (unpaired) electrons. The maximum atomic E-state index is 12.2. The van der Waals surface area contributed by atoms with Crippen molar-refractivity contribution in [2.45, 2.75) is 65.0 Å². The minimum Gasteiger partial charge on any atom is -0.444 e. The third-order valence-corrected chi connectivity index (χ3v) is 3.44. The van der Waals surface area contributed by atoms with Gasteiger partial charge in [-0.1, -0.05) is 26.2 Å². The molecule has 0 aliphatic carbocycles. The van der Waals surface area contributed by atoms with Crippen LogP contribution in [0.25, 0.3) is 0 Å². The smallest absolute Gasteiger partial charge is 0.410 e. The van der Waals surface area contributed by atoms with Gasteiger partial charge in [0.2, 0.25) is 0 Å². The molecule has 0 saturated carbocycles. The quantitative estimate of drug-likeness (QED) is 0.735. The highest BCUT2D eigenvalue weighted by atomic mass is 16.6. The van der Waals surface area contributed by atoms with Gasteiger partial charge in [-0.15, -0.1) is 0 Å². The third kappa shape index (κ3) is 7.67. The van der Waals surface area contributed by atoms with Crippen molar-refractivity contribution in [2.24, 2.45) is 0 Å². The van der Waals surface area contributed by atoms with E-state index >= 15 is 0 Å². The van der Waals surface area contributed by atoms with Crippen LogP contribution in [0.1, 0.15) is 53.4 Å². The van der Waals surface area contributed by atoms with Gasteiger partial charge < -0.3 is 14.8 Å². The van der Waals surface area contributed by atoms with E-state index in [1.165, 1.54) is 25.7 Å². The molecule has 1 aliphatic heterocycles. The van der Waals surface area contributed by atoms with E-state index in [0.717, 1.165) is 13.1 Å². The predicted molar refractivity (Wildman–Crippen MR) is 84.6 cm³/mol. The standard InChI is InChI=1S/C16H32N2O3/c1-5-6-7-8-9-17-12-14-13-20-11-10-18(14)15(19)21-16(2,3)4/h14,17H,5-13H2,1-4H3. The Balaban J connectivity index is 2.33. The average Bonchev–Trinajstić information content (AvgIpc) is 2.41. The highest BCUT2D eigenvalue weighted by Crippen LogP contribution is 2.14. The molecule has 1 amide bonds. The van der Waals surface area contributed by atoms with Gasteiger partial charge in [-0.2, -0.15) is 0 Å². The Kier molecular flexibility index (Phi) is 8.04. The number of amides is 1. The number of carbonyl (C=O) groups is 1. The second kappa shape index (κ2) is 9.26. The van der Waals surface area contributed by atoms with Crippen LogP contribution in [0.2, 0.25) is 0 Å². The van der Waals surface area contributed by atoms with Gasteiger partial charge in [0.15, 0.2) is 0 Å². The first-order chi connectivity index (χ1) is 9.94. The SMILES string of the molecule is CCCCCCNCC1COCCN1C(=O)OC(C)(C)C. The number of ether oxygens (including phenoxy) is 2. The second-order valence-corrected chi connectivity index (χ2v) is 6.67. The highest BCUT2D eigenvalue weighted by molar-refractivity contribution is 5.68. The fraction of sp³-hybridized carbons (Fsp3) is 0.938. The largest absolute Gasteiger partial charge is 0.444 e. The van der Waals surface area contributed by atoms with Crippen LogP contribution in [-0.4, -0.2) is 55.5 Å². The Morgan fingerprint density at radius 2 is 2.10 bits per heavy atom. The molecule has 0 aromatic carbocycles. The number of hydrogen-bond donors (Lipinski definition) is 1. The molecule has 1 atom stereocenters. The van der Waals surface area contributed by atoms with E-state index in [1.807, 2.05) is 20.8 Å². The Labute approximate surface area is 129 Å². The number of morpholine rings is 1. The van der Waals surface area contributed by atoms with Crippen molar-refractivity contribution in [3.8, 4) is 0 Å². The summed E-state index contributed by atoms with van der Waals surface area (Å²) in [5.41, 5.74) is -0.451. The lowest BCUT2D eigenvalue weighted by atomic mass is 10.2. The van der Waals surface area contributed by atoms with Gasteiger partial charge >= 0.3 is 6.09 Å². The van der Waals surface area contributed by atoms with Crippen LogP contribution in [0.15, 0.2) is 0 Å². The van der Waals surface area contributed by atoms with E-state index in [9.17, 15) is 4.79 Å². The summed E-state index contributed by atoms with van der Waals surface area (Å²) in [5.74, 6) is 0. The Morgan fingerprint density at radius 3 is 2.76 bits per heavy atom. The lowest BCUT2D eigenvalue weighted by Gasteiger charge is -2.36. The molecule has 1 aliphatic rings. The van der Waals surface area contributed by atoms with E-state index < -0.39 is 5.60 Å². The molecule has 0 spiro atoms. The fourth-order valence-electron chi connectivity index (χ4n) is 2.33. The molecule has 1 heterocycles. The fourth-order valence-corrected chi connectivity index (χ4v) is 2.33. The molecule has 1 unspecified atom stereocenters. The van der Waals surface area contributed by atoms with Crippen LogP contribution in [0.4, 0.5) is 4.79 Å². The molecule has 0 bridgehead atoms. The molecule has 1 fully saturated rings. The predicted octanol–water partition coefficient (Wildman–Crippen LogP) is 2.79. The molecule has 0 aromatic heterocycles. The summed E-state index contributed by atoms with van der Waals surface area (Å²) in [6, 6.07) is 0.0692. The molecular formula is C16H32N2O3. The van der Waals surface area contributed by atoms with Crippen molar-refractivity contribution in [2.75, 3.05) is 32.8 Å². The highest BCUT2D eigenvalue weighted by Gasteiger charge is 2.30. The minimum atomic E-state index is -0.451. The number of unbranched alkanes of at least 4 members (excludes halogenated alkanes) is 3. The average molecular weight is 300 g/mol. The Morgan fingerprint density at radius 1 is 1.33 bits per heavy atom. The summed E-state index contributed by atoms with van der Waals surface area (Å²) >= 11 is 0. The lowest BCUT2D eigenvalue weighted by molar-refractivity contribution is -0.0316. The first-order valence-corrected chi connectivity index (χ1v) is 8.22. The van der Waals surface area contributed by atoms with Crippen LogP contribution >= 0.6 is 0 Å². The minimum absolute atomic E-state index is 0.0692. The molecule has 1 rings (SSSR count). The zero-order valence-corrected chi connectivity index (χ0v) is 14.1. The van der Waals surface area contributed by atoms with Crippen LogP contribution in [-0.2, 0) is 9.47 Å². The van der Waals surface area contributed by atoms with E-state index in [0.29, 0.717) is 19.8 Å². The Bertz CT molecular complexity index is 302. The zero-order valence-electron chi connectivity index (χ0n) is 14.1. The zero-order chi connectivity index (χ0) is 15.7. The van der Waals surface area contributed by atoms with Crippen molar-refractivity contribution in [1.29, 1.82) is 0 Å². The molecule has 124 valence electrons. The van der Waals surface area contributed by atoms with Crippen molar-refractivity contribution < 1.29 is 14.3 Å². The number of hydrogen-bond acceptors (Lipinski definition) is 4. The normalized spacial score (nSPS) is 19.6. The van der Waals surface area contributed by atoms with Gasteiger partial charge in [-0.25, -0.2) is 4.79 Å². The number of carbonyl (C=O) groups excluding carboxylic acids is 1. The second-order valence-electron chi connectivity index (χ2n) is 6.67. The van der Waals surface area contributed by atoms with Crippen molar-refractivity contribution in [1.82, 2.24) is 10.2 Å². The van der Waals surface area contributed by atoms with E-state index in [-0.39, 0.29) is 12.1 Å². The Hall–Kier alpha value is -0.810. The number of rotatable bonds is 7. The molecule has 0 aromatic rings. The molecule has 5 nitrogen and oxygen atoms in total. The summed E-state index contributed by atoms with van der Waals surface area (Å²) in [6.07, 6.45) is 4.76. The van der Waals surface area contributed by atoms with Crippen LogP contribution < -0.4 is 5.32 Å². The van der Waals surface area contributed by atoms with Crippen LogP contribution in [0.3, 0.4) is 0 Å². The molecular weight excluding hydrogens is 268 g/mol. The maximum absolute atomic E-state index is 12.2. The van der Waals surface area contributed by atoms with Gasteiger partial charge in [-0.3, -0.25) is 4.90 Å². The third-order valence-electron chi connectivity index (χ3n) is 3.44. The van der Waals surface area contributed by atoms with E-state index in [1.54, 1.807) is 4.90 Å². The van der Waals surface area contributed by atoms with Gasteiger partial charge in [-0.05, 0) is 33.7 Å². The van der Waals surface area contributed by atoms with Gasteiger partial charge in [0.05, 0.1) is 19.3 Å². The maximum Gasteiger partial charge on any atom is 0.410 e. The van der Waals surface area contributed by atoms with Crippen molar-refractivity contribution in [3.63, 3.8) is 0 Å². The van der Waals surface area contributed by atoms with Gasteiger partial charge in [0.1, 0.15) is 5.60 Å². The molecule has 1 N–H and O–H groups in total. The summed E-state index contributed by atoms with van der Waals surface area (Å²) in [4.78, 5) is 14.0. The monoisotopic (exact) mass is 300 g/mol. The lowest BCUT2D eigenvalue weighted by Crippen LogP contribution is -2.54. The first-order valence-electron chi connectivity index (χ1n) is 8.22. The van der Waals surface area contributed by atoms with Crippen LogP contribution in [0, 0.1) is 0 Å².